The molecule has 1 heteroatoms. The fourth-order valence-electron chi connectivity index (χ4n) is 1.49. The summed E-state index contributed by atoms with van der Waals surface area (Å²) < 4.78 is 0. The summed E-state index contributed by atoms with van der Waals surface area (Å²) in [6.45, 7) is 8.71. The summed E-state index contributed by atoms with van der Waals surface area (Å²) in [5, 5.41) is 8.72. The Balaban J connectivity index is 3.79. The largest absolute Gasteiger partial charge is 0.392 e. The van der Waals surface area contributed by atoms with Crippen LogP contribution in [0.3, 0.4) is 0 Å². The molecule has 1 N–H and O–H groups in total. The van der Waals surface area contributed by atoms with Gasteiger partial charge < -0.3 is 5.11 Å². The molecule has 0 spiro atoms. The molecule has 0 aliphatic heterocycles. The molecule has 0 aromatic carbocycles. The van der Waals surface area contributed by atoms with E-state index in [9.17, 15) is 0 Å². The Labute approximate surface area is 101 Å². The summed E-state index contributed by atoms with van der Waals surface area (Å²) in [7, 11) is 0. The van der Waals surface area contributed by atoms with Crippen LogP contribution >= 0.6 is 0 Å². The van der Waals surface area contributed by atoms with Crippen LogP contribution in [0, 0.1) is 0 Å². The van der Waals surface area contributed by atoms with Gasteiger partial charge in [0.05, 0.1) is 6.61 Å². The average molecular weight is 222 g/mol. The Bertz CT molecular complexity index is 265. The Morgan fingerprint density at radius 3 is 1.81 bits per heavy atom. The van der Waals surface area contributed by atoms with Gasteiger partial charge in [-0.05, 0) is 53.4 Å². The molecule has 0 aromatic heterocycles. The van der Waals surface area contributed by atoms with Crippen molar-refractivity contribution in [3.8, 4) is 0 Å². The third kappa shape index (κ3) is 9.72. The maximum absolute atomic E-state index is 8.72. The quantitative estimate of drug-likeness (QED) is 0.633. The molecule has 0 aliphatic rings. The zero-order valence-electron chi connectivity index (χ0n) is 11.2. The zero-order valence-corrected chi connectivity index (χ0v) is 11.2. The van der Waals surface area contributed by atoms with E-state index in [-0.39, 0.29) is 6.61 Å². The molecule has 92 valence electrons. The minimum atomic E-state index is 0.162. The van der Waals surface area contributed by atoms with Gasteiger partial charge in [-0.2, -0.15) is 0 Å². The second kappa shape index (κ2) is 9.41. The van der Waals surface area contributed by atoms with Crippen molar-refractivity contribution in [2.75, 3.05) is 6.61 Å². The molecular weight excluding hydrogens is 196 g/mol. The van der Waals surface area contributed by atoms with Crippen molar-refractivity contribution in [3.05, 3.63) is 34.9 Å². The number of rotatable bonds is 7. The predicted octanol–water partition coefficient (Wildman–Crippen LogP) is 4.40. The van der Waals surface area contributed by atoms with Gasteiger partial charge in [-0.25, -0.2) is 0 Å². The van der Waals surface area contributed by atoms with Crippen molar-refractivity contribution < 1.29 is 5.11 Å². The highest BCUT2D eigenvalue weighted by Crippen LogP contribution is 2.10. The van der Waals surface area contributed by atoms with Crippen LogP contribution in [-0.4, -0.2) is 11.7 Å². The normalized spacial score (nSPS) is 12.8. The summed E-state index contributed by atoms with van der Waals surface area (Å²) in [6.07, 6.45) is 10.9. The van der Waals surface area contributed by atoms with E-state index in [1.807, 2.05) is 6.08 Å². The SMILES string of the molecule is CC(C)=CCC/C(C)=C\CC/C(C)=C/CO. The number of hydrogen-bond donors (Lipinski definition) is 1. The molecular formula is C15H26O. The second-order valence-corrected chi connectivity index (χ2v) is 4.64. The minimum absolute atomic E-state index is 0.162. The van der Waals surface area contributed by atoms with Gasteiger partial charge in [0.1, 0.15) is 0 Å². The van der Waals surface area contributed by atoms with Crippen LogP contribution < -0.4 is 0 Å². The fraction of sp³-hybridized carbons (Fsp3) is 0.600. The van der Waals surface area contributed by atoms with E-state index in [4.69, 9.17) is 5.11 Å². The minimum Gasteiger partial charge on any atom is -0.392 e. The number of allylic oxidation sites excluding steroid dienone is 5. The molecule has 0 amide bonds. The number of hydrogen-bond acceptors (Lipinski definition) is 1. The summed E-state index contributed by atoms with van der Waals surface area (Å²) in [4.78, 5) is 0. The molecule has 0 rings (SSSR count). The summed E-state index contributed by atoms with van der Waals surface area (Å²) in [6, 6.07) is 0. The van der Waals surface area contributed by atoms with Gasteiger partial charge in [0.2, 0.25) is 0 Å². The number of aliphatic hydroxyl groups is 1. The predicted molar refractivity (Wildman–Crippen MR) is 72.5 cm³/mol. The number of aliphatic hydroxyl groups excluding tert-OH is 1. The van der Waals surface area contributed by atoms with Crippen LogP contribution in [0.25, 0.3) is 0 Å². The molecule has 16 heavy (non-hydrogen) atoms. The molecule has 0 unspecified atom stereocenters. The Kier molecular flexibility index (Phi) is 8.93. The van der Waals surface area contributed by atoms with Crippen LogP contribution in [0.5, 0.6) is 0 Å². The molecule has 1 nitrogen and oxygen atoms in total. The van der Waals surface area contributed by atoms with Gasteiger partial charge in [0.15, 0.2) is 0 Å². The highest BCUT2D eigenvalue weighted by Gasteiger charge is 1.91. The lowest BCUT2D eigenvalue weighted by Gasteiger charge is -2.00. The molecule has 0 saturated carbocycles. The Morgan fingerprint density at radius 2 is 1.31 bits per heavy atom. The van der Waals surface area contributed by atoms with E-state index in [2.05, 4.69) is 39.8 Å². The Hall–Kier alpha value is -0.820. The van der Waals surface area contributed by atoms with Crippen LogP contribution in [0.15, 0.2) is 34.9 Å². The van der Waals surface area contributed by atoms with Crippen molar-refractivity contribution in [1.82, 2.24) is 0 Å². The van der Waals surface area contributed by atoms with Crippen LogP contribution in [0.1, 0.15) is 53.4 Å². The first-order chi connectivity index (χ1) is 7.56. The van der Waals surface area contributed by atoms with Crippen LogP contribution in [0.2, 0.25) is 0 Å². The third-order valence-electron chi connectivity index (χ3n) is 2.56. The van der Waals surface area contributed by atoms with E-state index >= 15 is 0 Å². The monoisotopic (exact) mass is 222 g/mol. The standard InChI is InChI=1S/C15H26O/c1-13(2)7-5-8-14(3)9-6-10-15(4)11-12-16/h7,9,11,16H,5-6,8,10,12H2,1-4H3/b14-9-,15-11+. The first-order valence-corrected chi connectivity index (χ1v) is 6.11. The zero-order chi connectivity index (χ0) is 12.4. The van der Waals surface area contributed by atoms with E-state index in [0.717, 1.165) is 25.7 Å². The molecule has 0 heterocycles. The molecule has 0 atom stereocenters. The lowest BCUT2D eigenvalue weighted by molar-refractivity contribution is 0.341. The van der Waals surface area contributed by atoms with Crippen molar-refractivity contribution >= 4 is 0 Å². The molecule has 0 radical (unpaired) electrons. The average Bonchev–Trinajstić information content (AvgIpc) is 2.17. The van der Waals surface area contributed by atoms with Gasteiger partial charge in [0.25, 0.3) is 0 Å². The van der Waals surface area contributed by atoms with Crippen molar-refractivity contribution in [2.45, 2.75) is 53.4 Å². The first-order valence-electron chi connectivity index (χ1n) is 6.11. The molecule has 0 fully saturated rings. The van der Waals surface area contributed by atoms with Gasteiger partial charge >= 0.3 is 0 Å². The van der Waals surface area contributed by atoms with Crippen LogP contribution in [0.4, 0.5) is 0 Å². The van der Waals surface area contributed by atoms with E-state index < -0.39 is 0 Å². The summed E-state index contributed by atoms with van der Waals surface area (Å²) in [5.41, 5.74) is 4.14. The van der Waals surface area contributed by atoms with Gasteiger partial charge in [-0.3, -0.25) is 0 Å². The van der Waals surface area contributed by atoms with E-state index in [0.29, 0.717) is 0 Å². The van der Waals surface area contributed by atoms with Crippen molar-refractivity contribution in [3.63, 3.8) is 0 Å². The second-order valence-electron chi connectivity index (χ2n) is 4.64. The highest BCUT2D eigenvalue weighted by molar-refractivity contribution is 5.05. The Morgan fingerprint density at radius 1 is 0.812 bits per heavy atom. The summed E-state index contributed by atoms with van der Waals surface area (Å²) in [5.74, 6) is 0. The lowest BCUT2D eigenvalue weighted by atomic mass is 10.1. The maximum atomic E-state index is 8.72. The van der Waals surface area contributed by atoms with Crippen molar-refractivity contribution in [2.24, 2.45) is 0 Å². The molecule has 0 aliphatic carbocycles. The fourth-order valence-corrected chi connectivity index (χ4v) is 1.49. The maximum Gasteiger partial charge on any atom is 0.0614 e. The van der Waals surface area contributed by atoms with Crippen LogP contribution in [-0.2, 0) is 0 Å². The van der Waals surface area contributed by atoms with E-state index in [1.54, 1.807) is 0 Å². The molecule has 0 saturated heterocycles. The smallest absolute Gasteiger partial charge is 0.0614 e. The third-order valence-corrected chi connectivity index (χ3v) is 2.56. The van der Waals surface area contributed by atoms with E-state index in [1.165, 1.54) is 16.7 Å². The molecule has 0 bridgehead atoms. The van der Waals surface area contributed by atoms with Crippen molar-refractivity contribution in [1.29, 1.82) is 0 Å². The molecule has 0 aromatic rings. The van der Waals surface area contributed by atoms with Gasteiger partial charge in [-0.1, -0.05) is 34.9 Å². The lowest BCUT2D eigenvalue weighted by Crippen LogP contribution is -1.82. The van der Waals surface area contributed by atoms with Gasteiger partial charge in [-0.15, -0.1) is 0 Å². The summed E-state index contributed by atoms with van der Waals surface area (Å²) >= 11 is 0. The van der Waals surface area contributed by atoms with Gasteiger partial charge in [0, 0.05) is 0 Å². The first kappa shape index (κ1) is 15.2. The highest BCUT2D eigenvalue weighted by atomic mass is 16.2. The topological polar surface area (TPSA) is 20.2 Å².